The first kappa shape index (κ1) is 11.0. The maximum atomic E-state index is 13.5. The van der Waals surface area contributed by atoms with Crippen LogP contribution in [0.2, 0.25) is 0 Å². The summed E-state index contributed by atoms with van der Waals surface area (Å²) in [5.74, 6) is -4.13. The van der Waals surface area contributed by atoms with Gasteiger partial charge in [0.05, 0.1) is 18.7 Å². The van der Waals surface area contributed by atoms with Crippen molar-refractivity contribution in [2.24, 2.45) is 0 Å². The molecule has 2 rings (SSSR count). The topological polar surface area (TPSA) is 20.3 Å². The third-order valence-electron chi connectivity index (χ3n) is 2.55. The molecule has 0 atom stereocenters. The molecule has 16 heavy (non-hydrogen) atoms. The van der Waals surface area contributed by atoms with Crippen LogP contribution in [0.3, 0.4) is 0 Å². The van der Waals surface area contributed by atoms with Gasteiger partial charge in [-0.15, -0.1) is 0 Å². The lowest BCUT2D eigenvalue weighted by Gasteiger charge is -2.38. The van der Waals surface area contributed by atoms with E-state index in [1.165, 1.54) is 25.1 Å². The predicted molar refractivity (Wildman–Crippen MR) is 52.0 cm³/mol. The molecule has 1 aliphatic rings. The molecule has 1 heterocycles. The first-order valence-corrected chi connectivity index (χ1v) is 4.83. The molecule has 0 unspecified atom stereocenters. The fraction of sp³-hybridized carbons (Fsp3) is 0.364. The maximum Gasteiger partial charge on any atom is 0.282 e. The number of halogens is 3. The van der Waals surface area contributed by atoms with Crippen LogP contribution in [-0.2, 0) is 0 Å². The van der Waals surface area contributed by atoms with E-state index in [2.05, 4.69) is 0 Å². The lowest BCUT2D eigenvalue weighted by Crippen LogP contribution is -2.58. The number of benzene rings is 1. The summed E-state index contributed by atoms with van der Waals surface area (Å²) in [4.78, 5) is 12.6. The second-order valence-electron chi connectivity index (χ2n) is 3.95. The number of hydrogen-bond acceptors (Lipinski definition) is 1. The van der Waals surface area contributed by atoms with Gasteiger partial charge < -0.3 is 4.90 Å². The second-order valence-corrected chi connectivity index (χ2v) is 3.95. The molecule has 0 spiro atoms. The van der Waals surface area contributed by atoms with Crippen molar-refractivity contribution in [3.8, 4) is 0 Å². The normalized spacial score (nSPS) is 18.1. The smallest absolute Gasteiger partial charge is 0.282 e. The fourth-order valence-electron chi connectivity index (χ4n) is 1.64. The van der Waals surface area contributed by atoms with E-state index < -0.39 is 30.7 Å². The molecule has 1 amide bonds. The summed E-state index contributed by atoms with van der Waals surface area (Å²) < 4.78 is 38.6. The van der Waals surface area contributed by atoms with Gasteiger partial charge >= 0.3 is 0 Å². The van der Waals surface area contributed by atoms with Crippen LogP contribution in [0.15, 0.2) is 18.2 Å². The van der Waals surface area contributed by atoms with Gasteiger partial charge in [0.1, 0.15) is 5.82 Å². The predicted octanol–water partition coefficient (Wildman–Crippen LogP) is 2.23. The van der Waals surface area contributed by atoms with Crippen LogP contribution in [0.4, 0.5) is 13.2 Å². The van der Waals surface area contributed by atoms with Gasteiger partial charge in [-0.05, 0) is 18.6 Å². The number of alkyl halides is 2. The summed E-state index contributed by atoms with van der Waals surface area (Å²) in [5.41, 5.74) is 0.189. The van der Waals surface area contributed by atoms with E-state index in [0.717, 1.165) is 4.90 Å². The van der Waals surface area contributed by atoms with Gasteiger partial charge in [-0.3, -0.25) is 4.79 Å². The van der Waals surface area contributed by atoms with Gasteiger partial charge in [-0.25, -0.2) is 13.2 Å². The van der Waals surface area contributed by atoms with Crippen molar-refractivity contribution in [1.29, 1.82) is 0 Å². The molecule has 0 aromatic heterocycles. The zero-order chi connectivity index (χ0) is 11.9. The Bertz CT molecular complexity index is 437. The average Bonchev–Trinajstić information content (AvgIpc) is 2.17. The highest BCUT2D eigenvalue weighted by atomic mass is 19.3. The molecular weight excluding hydrogens is 219 g/mol. The summed E-state index contributed by atoms with van der Waals surface area (Å²) in [5, 5.41) is 0. The van der Waals surface area contributed by atoms with Crippen LogP contribution in [0.1, 0.15) is 15.9 Å². The van der Waals surface area contributed by atoms with Crippen LogP contribution in [0, 0.1) is 12.7 Å². The summed E-state index contributed by atoms with van der Waals surface area (Å²) in [7, 11) is 0. The van der Waals surface area contributed by atoms with Crippen molar-refractivity contribution in [3.63, 3.8) is 0 Å². The van der Waals surface area contributed by atoms with Gasteiger partial charge in [-0.1, -0.05) is 12.1 Å². The molecule has 0 saturated carbocycles. The van der Waals surface area contributed by atoms with Crippen LogP contribution in [-0.4, -0.2) is 29.8 Å². The van der Waals surface area contributed by atoms with Gasteiger partial charge in [-0.2, -0.15) is 0 Å². The highest BCUT2D eigenvalue weighted by Gasteiger charge is 2.46. The van der Waals surface area contributed by atoms with Crippen molar-refractivity contribution in [2.75, 3.05) is 13.1 Å². The van der Waals surface area contributed by atoms with Crippen LogP contribution < -0.4 is 0 Å². The molecule has 0 N–H and O–H groups in total. The Morgan fingerprint density at radius 2 is 2.00 bits per heavy atom. The Morgan fingerprint density at radius 1 is 1.38 bits per heavy atom. The van der Waals surface area contributed by atoms with Gasteiger partial charge in [0.25, 0.3) is 11.8 Å². The molecule has 5 heteroatoms. The van der Waals surface area contributed by atoms with E-state index in [9.17, 15) is 18.0 Å². The zero-order valence-corrected chi connectivity index (χ0v) is 8.64. The first-order valence-electron chi connectivity index (χ1n) is 4.83. The minimum Gasteiger partial charge on any atom is -0.326 e. The number of aryl methyl sites for hydroxylation is 1. The fourth-order valence-corrected chi connectivity index (χ4v) is 1.64. The maximum absolute atomic E-state index is 13.5. The van der Waals surface area contributed by atoms with Crippen molar-refractivity contribution in [3.05, 3.63) is 35.1 Å². The van der Waals surface area contributed by atoms with Crippen molar-refractivity contribution in [2.45, 2.75) is 12.8 Å². The number of carbonyl (C=O) groups excluding carboxylic acids is 1. The third-order valence-corrected chi connectivity index (χ3v) is 2.55. The number of hydrogen-bond donors (Lipinski definition) is 0. The van der Waals surface area contributed by atoms with E-state index in [-0.39, 0.29) is 5.56 Å². The van der Waals surface area contributed by atoms with E-state index in [1.807, 2.05) is 0 Å². The second kappa shape index (κ2) is 3.50. The highest BCUT2D eigenvalue weighted by Crippen LogP contribution is 2.28. The number of likely N-dealkylation sites (tertiary alicyclic amines) is 1. The van der Waals surface area contributed by atoms with Gasteiger partial charge in [0.2, 0.25) is 0 Å². The Morgan fingerprint density at radius 3 is 2.56 bits per heavy atom. The highest BCUT2D eigenvalue weighted by molar-refractivity contribution is 5.95. The van der Waals surface area contributed by atoms with Crippen LogP contribution in [0.25, 0.3) is 0 Å². The molecule has 1 saturated heterocycles. The van der Waals surface area contributed by atoms with E-state index in [4.69, 9.17) is 0 Å². The summed E-state index contributed by atoms with van der Waals surface area (Å²) >= 11 is 0. The Kier molecular flexibility index (Phi) is 2.40. The van der Waals surface area contributed by atoms with E-state index in [0.29, 0.717) is 5.56 Å². The molecule has 1 aromatic carbocycles. The number of rotatable bonds is 1. The van der Waals surface area contributed by atoms with Crippen molar-refractivity contribution < 1.29 is 18.0 Å². The van der Waals surface area contributed by atoms with Crippen LogP contribution in [0.5, 0.6) is 0 Å². The number of carbonyl (C=O) groups is 1. The van der Waals surface area contributed by atoms with Gasteiger partial charge in [0, 0.05) is 0 Å². The monoisotopic (exact) mass is 229 g/mol. The van der Waals surface area contributed by atoms with Crippen molar-refractivity contribution in [1.82, 2.24) is 4.90 Å². The lowest BCUT2D eigenvalue weighted by atomic mass is 10.1. The first-order chi connectivity index (χ1) is 7.41. The van der Waals surface area contributed by atoms with E-state index >= 15 is 0 Å². The largest absolute Gasteiger partial charge is 0.326 e. The summed E-state index contributed by atoms with van der Waals surface area (Å²) in [6.07, 6.45) is 0. The third kappa shape index (κ3) is 1.77. The molecule has 1 aromatic rings. The van der Waals surface area contributed by atoms with Gasteiger partial charge in [0.15, 0.2) is 0 Å². The SMILES string of the molecule is Cc1cccc(C(=O)N2CC(F)(F)C2)c1F. The minimum atomic E-state index is -2.82. The molecule has 0 radical (unpaired) electrons. The Hall–Kier alpha value is -1.52. The Balaban J connectivity index is 2.20. The molecule has 0 bridgehead atoms. The zero-order valence-electron chi connectivity index (χ0n) is 8.64. The molecule has 86 valence electrons. The lowest BCUT2D eigenvalue weighted by molar-refractivity contribution is -0.113. The molecule has 1 aliphatic heterocycles. The average molecular weight is 229 g/mol. The summed E-state index contributed by atoms with van der Waals surface area (Å²) in [6.45, 7) is 0.273. The molecule has 0 aliphatic carbocycles. The Labute approximate surface area is 90.7 Å². The van der Waals surface area contributed by atoms with E-state index in [1.54, 1.807) is 0 Å². The van der Waals surface area contributed by atoms with Crippen molar-refractivity contribution >= 4 is 5.91 Å². The standard InChI is InChI=1S/C11H10F3NO/c1-7-3-2-4-8(9(7)12)10(16)15-5-11(13,14)6-15/h2-4H,5-6H2,1H3. The number of nitrogens with zero attached hydrogens (tertiary/aromatic N) is 1. The molecule has 1 fully saturated rings. The quantitative estimate of drug-likeness (QED) is 0.723. The number of amides is 1. The molecular formula is C11H10F3NO. The van der Waals surface area contributed by atoms with Crippen LogP contribution >= 0.6 is 0 Å². The minimum absolute atomic E-state index is 0.143. The molecule has 2 nitrogen and oxygen atoms in total. The summed E-state index contributed by atoms with van der Waals surface area (Å²) in [6, 6.07) is 4.36.